The zero-order chi connectivity index (χ0) is 17.7. The van der Waals surface area contributed by atoms with Crippen molar-refractivity contribution in [2.24, 2.45) is 0 Å². The summed E-state index contributed by atoms with van der Waals surface area (Å²) < 4.78 is 64.3. The van der Waals surface area contributed by atoms with Crippen LogP contribution in [0.25, 0.3) is 0 Å². The average Bonchev–Trinajstić information content (AvgIpc) is 2.56. The molecule has 0 aromatic heterocycles. The van der Waals surface area contributed by atoms with E-state index in [9.17, 15) is 0 Å². The first-order valence-electron chi connectivity index (χ1n) is 7.79. The van der Waals surface area contributed by atoms with E-state index in [1.807, 2.05) is 0 Å². The monoisotopic (exact) mass is 378 g/mol. The van der Waals surface area contributed by atoms with Crippen LogP contribution in [0.15, 0.2) is 60.7 Å². The van der Waals surface area contributed by atoms with Crippen LogP contribution in [0.3, 0.4) is 0 Å². The second-order valence-corrected chi connectivity index (χ2v) is 12.6. The van der Waals surface area contributed by atoms with Gasteiger partial charge in [-0.25, -0.2) is 0 Å². The van der Waals surface area contributed by atoms with Gasteiger partial charge in [0.05, 0.1) is 0 Å². The van der Waals surface area contributed by atoms with Crippen molar-refractivity contribution < 1.29 is 16.8 Å². The molecule has 0 amide bonds. The SMILES string of the molecule is CCN1P(F)(F)(c2ccccc2)N(CC)P1(F)(F)c1ccccc1. The van der Waals surface area contributed by atoms with Gasteiger partial charge in [-0.05, 0) is 0 Å². The molecule has 0 atom stereocenters. The third-order valence-electron chi connectivity index (χ3n) is 4.50. The fourth-order valence-corrected chi connectivity index (χ4v) is 14.4. The Bertz CT molecular complexity index is 674. The van der Waals surface area contributed by atoms with Crippen molar-refractivity contribution in [3.63, 3.8) is 0 Å². The van der Waals surface area contributed by atoms with E-state index in [0.29, 0.717) is 0 Å². The summed E-state index contributed by atoms with van der Waals surface area (Å²) in [5.74, 6) is 0. The minimum atomic E-state index is -6.05. The van der Waals surface area contributed by atoms with Gasteiger partial charge < -0.3 is 0 Å². The van der Waals surface area contributed by atoms with Crippen LogP contribution in [0.4, 0.5) is 16.8 Å². The van der Waals surface area contributed by atoms with Crippen molar-refractivity contribution in [2.45, 2.75) is 13.8 Å². The third kappa shape index (κ3) is 1.86. The molecule has 0 aliphatic carbocycles. The molecule has 0 bridgehead atoms. The fraction of sp³-hybridized carbons (Fsp3) is 0.250. The van der Waals surface area contributed by atoms with Crippen molar-refractivity contribution in [1.82, 2.24) is 8.88 Å². The van der Waals surface area contributed by atoms with Crippen molar-refractivity contribution >= 4 is 25.7 Å². The second kappa shape index (κ2) is 5.22. The van der Waals surface area contributed by atoms with Crippen molar-refractivity contribution in [3.8, 4) is 0 Å². The summed E-state index contributed by atoms with van der Waals surface area (Å²) in [6.07, 6.45) is 0. The van der Waals surface area contributed by atoms with Crippen LogP contribution in [0, 0.1) is 0 Å². The second-order valence-electron chi connectivity index (χ2n) is 5.70. The molecular weight excluding hydrogens is 358 g/mol. The van der Waals surface area contributed by atoms with E-state index in [1.165, 1.54) is 62.4 Å². The Balaban J connectivity index is 2.27. The van der Waals surface area contributed by atoms with E-state index in [0.717, 1.165) is 0 Å². The van der Waals surface area contributed by atoms with Crippen LogP contribution in [0.2, 0.25) is 0 Å². The Morgan fingerprint density at radius 3 is 1.17 bits per heavy atom. The van der Waals surface area contributed by atoms with Gasteiger partial charge in [0.1, 0.15) is 0 Å². The van der Waals surface area contributed by atoms with Crippen LogP contribution < -0.4 is 10.6 Å². The summed E-state index contributed by atoms with van der Waals surface area (Å²) >= 11 is 0. The molecule has 0 saturated carbocycles. The fourth-order valence-electron chi connectivity index (χ4n) is 3.57. The van der Waals surface area contributed by atoms with Crippen molar-refractivity contribution in [3.05, 3.63) is 60.7 Å². The van der Waals surface area contributed by atoms with Crippen LogP contribution in [0.1, 0.15) is 13.8 Å². The molecule has 1 fully saturated rings. The first-order chi connectivity index (χ1) is 11.2. The van der Waals surface area contributed by atoms with Gasteiger partial charge in [-0.1, -0.05) is 0 Å². The molecule has 0 radical (unpaired) electrons. The van der Waals surface area contributed by atoms with Crippen molar-refractivity contribution in [2.75, 3.05) is 13.1 Å². The average molecular weight is 378 g/mol. The Morgan fingerprint density at radius 1 is 0.625 bits per heavy atom. The van der Waals surface area contributed by atoms with Crippen LogP contribution in [-0.2, 0) is 0 Å². The van der Waals surface area contributed by atoms with Crippen LogP contribution in [-0.4, -0.2) is 22.0 Å². The number of halogens is 4. The number of hydrogen-bond acceptors (Lipinski definition) is 2. The molecule has 1 saturated heterocycles. The van der Waals surface area contributed by atoms with E-state index < -0.39 is 28.1 Å². The molecule has 8 heteroatoms. The van der Waals surface area contributed by atoms with Crippen molar-refractivity contribution in [1.29, 1.82) is 0 Å². The summed E-state index contributed by atoms with van der Waals surface area (Å²) in [7, 11) is -12.1. The predicted octanol–water partition coefficient (Wildman–Crippen LogP) is 5.60. The van der Waals surface area contributed by atoms with Gasteiger partial charge in [0.25, 0.3) is 0 Å². The summed E-state index contributed by atoms with van der Waals surface area (Å²) in [5.41, 5.74) is 0. The Morgan fingerprint density at radius 2 is 0.917 bits per heavy atom. The zero-order valence-corrected chi connectivity index (χ0v) is 15.3. The summed E-state index contributed by atoms with van der Waals surface area (Å²) in [5, 5.41) is -0.614. The van der Waals surface area contributed by atoms with Gasteiger partial charge in [-0.2, -0.15) is 0 Å². The standard InChI is InChI=1S/C16H20F4N2P2/c1-3-21-23(17,18,15-11-7-5-8-12-15)22(4-2)24(21,19,20)16-13-9-6-10-14-16/h5-14H,3-4H2,1-2H3. The maximum atomic E-state index is 16.0. The van der Waals surface area contributed by atoms with E-state index in [4.69, 9.17) is 0 Å². The number of benzene rings is 2. The molecule has 2 nitrogen and oxygen atoms in total. The Labute approximate surface area is 139 Å². The normalized spacial score (nSPS) is 27.8. The van der Waals surface area contributed by atoms with E-state index >= 15 is 16.8 Å². The number of rotatable bonds is 4. The Kier molecular flexibility index (Phi) is 3.86. The first-order valence-corrected chi connectivity index (χ1v) is 11.6. The molecule has 0 unspecified atom stereocenters. The molecule has 0 spiro atoms. The molecule has 0 N–H and O–H groups in total. The van der Waals surface area contributed by atoms with Gasteiger partial charge in [-0.15, -0.1) is 0 Å². The van der Waals surface area contributed by atoms with E-state index in [2.05, 4.69) is 0 Å². The zero-order valence-electron chi connectivity index (χ0n) is 13.5. The van der Waals surface area contributed by atoms with Gasteiger partial charge in [0.15, 0.2) is 0 Å². The van der Waals surface area contributed by atoms with E-state index in [1.54, 1.807) is 12.1 Å². The summed E-state index contributed by atoms with van der Waals surface area (Å²) in [6, 6.07) is 14.1. The van der Waals surface area contributed by atoms with Gasteiger partial charge in [0.2, 0.25) is 0 Å². The van der Waals surface area contributed by atoms with Crippen LogP contribution >= 0.6 is 15.1 Å². The Hall–Kier alpha value is -1.06. The number of nitrogens with zero attached hydrogens (tertiary/aromatic N) is 2. The molecule has 1 heterocycles. The van der Waals surface area contributed by atoms with Gasteiger partial charge in [-0.3, -0.25) is 0 Å². The molecule has 2 aromatic rings. The molecular formula is C16H20F4N2P2. The van der Waals surface area contributed by atoms with Gasteiger partial charge in [0, 0.05) is 0 Å². The quantitative estimate of drug-likeness (QED) is 0.505. The summed E-state index contributed by atoms with van der Waals surface area (Å²) in [6.45, 7) is 1.94. The topological polar surface area (TPSA) is 6.48 Å². The molecule has 1 aliphatic rings. The molecule has 132 valence electrons. The molecule has 24 heavy (non-hydrogen) atoms. The summed E-state index contributed by atoms with van der Waals surface area (Å²) in [4.78, 5) is 0. The van der Waals surface area contributed by atoms with Crippen LogP contribution in [0.5, 0.6) is 0 Å². The van der Waals surface area contributed by atoms with E-state index in [-0.39, 0.29) is 19.5 Å². The molecule has 1 aliphatic heterocycles. The minimum absolute atomic E-state index is 0.241. The predicted molar refractivity (Wildman–Crippen MR) is 95.2 cm³/mol. The number of hydrogen-bond donors (Lipinski definition) is 0. The first kappa shape index (κ1) is 17.8. The van der Waals surface area contributed by atoms with Gasteiger partial charge >= 0.3 is 139 Å². The third-order valence-corrected chi connectivity index (χ3v) is 14.7. The maximum absolute atomic E-state index is 16.0. The molecule has 3 rings (SSSR count). The molecule has 2 aromatic carbocycles.